The zero-order valence-electron chi connectivity index (χ0n) is 9.32. The number of primary amides is 1. The normalized spacial score (nSPS) is 9.81. The summed E-state index contributed by atoms with van der Waals surface area (Å²) in [7, 11) is 0. The van der Waals surface area contributed by atoms with Crippen LogP contribution in [-0.2, 0) is 0 Å². The van der Waals surface area contributed by atoms with Crippen LogP contribution in [0.15, 0.2) is 24.3 Å². The average Bonchev–Trinajstić information content (AvgIpc) is 2.29. The Kier molecular flexibility index (Phi) is 4.51. The summed E-state index contributed by atoms with van der Waals surface area (Å²) in [4.78, 5) is 22.6. The maximum atomic E-state index is 11.6. The van der Waals surface area contributed by atoms with E-state index >= 15 is 0 Å². The van der Waals surface area contributed by atoms with Gasteiger partial charge in [-0.25, -0.2) is 0 Å². The molecule has 0 saturated heterocycles. The molecule has 0 radical (unpaired) electrons. The second-order valence-electron chi connectivity index (χ2n) is 3.55. The molecule has 4 nitrogen and oxygen atoms in total. The van der Waals surface area contributed by atoms with Crippen molar-refractivity contribution in [3.63, 3.8) is 0 Å². The molecule has 2 amide bonds. The minimum Gasteiger partial charge on any atom is -0.366 e. The van der Waals surface area contributed by atoms with E-state index in [1.54, 1.807) is 18.2 Å². The molecule has 86 valence electrons. The predicted octanol–water partition coefficient (Wildman–Crippen LogP) is 1.32. The third kappa shape index (κ3) is 3.38. The molecule has 1 rings (SSSR count). The van der Waals surface area contributed by atoms with Gasteiger partial charge in [0.25, 0.3) is 5.91 Å². The number of amides is 2. The van der Waals surface area contributed by atoms with Crippen molar-refractivity contribution in [1.29, 1.82) is 0 Å². The summed E-state index contributed by atoms with van der Waals surface area (Å²) in [5.74, 6) is -0.695. The number of nitrogens with two attached hydrogens (primary N) is 1. The Labute approximate surface area is 94.8 Å². The molecule has 0 atom stereocenters. The number of unbranched alkanes of at least 4 members (excludes halogenated alkanes) is 1. The third-order valence-corrected chi connectivity index (χ3v) is 2.23. The van der Waals surface area contributed by atoms with E-state index in [-0.39, 0.29) is 5.91 Å². The van der Waals surface area contributed by atoms with E-state index in [1.807, 2.05) is 0 Å². The minimum atomic E-state index is -0.525. The third-order valence-electron chi connectivity index (χ3n) is 2.23. The van der Waals surface area contributed by atoms with Crippen LogP contribution < -0.4 is 11.1 Å². The molecule has 0 saturated carbocycles. The Bertz CT molecular complexity index is 388. The van der Waals surface area contributed by atoms with Crippen LogP contribution in [0.3, 0.4) is 0 Å². The van der Waals surface area contributed by atoms with Crippen molar-refractivity contribution in [3.8, 4) is 0 Å². The summed E-state index contributed by atoms with van der Waals surface area (Å²) in [6, 6.07) is 6.40. The summed E-state index contributed by atoms with van der Waals surface area (Å²) in [6.07, 6.45) is 1.98. The van der Waals surface area contributed by atoms with Gasteiger partial charge in [-0.2, -0.15) is 0 Å². The Hall–Kier alpha value is -1.84. The Morgan fingerprint density at radius 2 is 2.00 bits per heavy atom. The van der Waals surface area contributed by atoms with Crippen LogP contribution in [-0.4, -0.2) is 18.4 Å². The second-order valence-corrected chi connectivity index (χ2v) is 3.55. The van der Waals surface area contributed by atoms with Crippen LogP contribution in [0.5, 0.6) is 0 Å². The van der Waals surface area contributed by atoms with Gasteiger partial charge < -0.3 is 11.1 Å². The van der Waals surface area contributed by atoms with E-state index in [9.17, 15) is 9.59 Å². The number of rotatable bonds is 5. The van der Waals surface area contributed by atoms with Crippen molar-refractivity contribution in [3.05, 3.63) is 35.4 Å². The monoisotopic (exact) mass is 220 g/mol. The maximum Gasteiger partial charge on any atom is 0.251 e. The lowest BCUT2D eigenvalue weighted by Gasteiger charge is -2.04. The van der Waals surface area contributed by atoms with Crippen molar-refractivity contribution in [1.82, 2.24) is 5.32 Å². The van der Waals surface area contributed by atoms with E-state index in [4.69, 9.17) is 5.73 Å². The highest BCUT2D eigenvalue weighted by atomic mass is 16.2. The highest BCUT2D eigenvalue weighted by Crippen LogP contribution is 2.04. The molecule has 0 unspecified atom stereocenters. The van der Waals surface area contributed by atoms with Gasteiger partial charge in [0.05, 0.1) is 0 Å². The first-order valence-electron chi connectivity index (χ1n) is 5.33. The second kappa shape index (κ2) is 5.90. The Morgan fingerprint density at radius 1 is 1.31 bits per heavy atom. The van der Waals surface area contributed by atoms with Gasteiger partial charge in [-0.05, 0) is 24.6 Å². The molecule has 3 N–H and O–H groups in total. The van der Waals surface area contributed by atoms with E-state index < -0.39 is 5.91 Å². The molecule has 4 heteroatoms. The molecule has 1 aromatic carbocycles. The van der Waals surface area contributed by atoms with Crippen LogP contribution in [0.1, 0.15) is 40.5 Å². The summed E-state index contributed by atoms with van der Waals surface area (Å²) >= 11 is 0. The molecule has 0 fully saturated rings. The van der Waals surface area contributed by atoms with Gasteiger partial charge in [-0.3, -0.25) is 9.59 Å². The Balaban J connectivity index is 2.68. The van der Waals surface area contributed by atoms with Crippen LogP contribution in [0.25, 0.3) is 0 Å². The number of hydrogen-bond donors (Lipinski definition) is 2. The first-order valence-corrected chi connectivity index (χ1v) is 5.33. The van der Waals surface area contributed by atoms with Gasteiger partial charge in [0.1, 0.15) is 0 Å². The van der Waals surface area contributed by atoms with Crippen LogP contribution in [0.2, 0.25) is 0 Å². The molecule has 0 heterocycles. The molecule has 0 aromatic heterocycles. The van der Waals surface area contributed by atoms with Gasteiger partial charge in [-0.1, -0.05) is 19.4 Å². The van der Waals surface area contributed by atoms with Crippen molar-refractivity contribution in [2.45, 2.75) is 19.8 Å². The van der Waals surface area contributed by atoms with Crippen LogP contribution in [0, 0.1) is 0 Å². The van der Waals surface area contributed by atoms with Crippen molar-refractivity contribution in [2.75, 3.05) is 6.54 Å². The first kappa shape index (κ1) is 12.2. The van der Waals surface area contributed by atoms with Crippen LogP contribution >= 0.6 is 0 Å². The van der Waals surface area contributed by atoms with Crippen LogP contribution in [0.4, 0.5) is 0 Å². The fourth-order valence-electron chi connectivity index (χ4n) is 1.29. The van der Waals surface area contributed by atoms with E-state index in [2.05, 4.69) is 12.2 Å². The molecule has 16 heavy (non-hydrogen) atoms. The average molecular weight is 220 g/mol. The SMILES string of the molecule is CCCCNC(=O)c1cccc(C(N)=O)c1. The molecule has 0 bridgehead atoms. The van der Waals surface area contributed by atoms with Crippen molar-refractivity contribution >= 4 is 11.8 Å². The highest BCUT2D eigenvalue weighted by Gasteiger charge is 2.07. The molecule has 0 aliphatic heterocycles. The lowest BCUT2D eigenvalue weighted by atomic mass is 10.1. The fraction of sp³-hybridized carbons (Fsp3) is 0.333. The molecule has 0 aliphatic rings. The van der Waals surface area contributed by atoms with E-state index in [0.717, 1.165) is 12.8 Å². The number of nitrogens with one attached hydrogen (secondary N) is 1. The van der Waals surface area contributed by atoms with Gasteiger partial charge in [0.2, 0.25) is 5.91 Å². The first-order chi connectivity index (χ1) is 7.65. The quantitative estimate of drug-likeness (QED) is 0.734. The summed E-state index contributed by atoms with van der Waals surface area (Å²) in [5, 5.41) is 2.77. The zero-order valence-corrected chi connectivity index (χ0v) is 9.32. The van der Waals surface area contributed by atoms with Gasteiger partial charge >= 0.3 is 0 Å². The molecular weight excluding hydrogens is 204 g/mol. The van der Waals surface area contributed by atoms with Crippen molar-refractivity contribution < 1.29 is 9.59 Å². The predicted molar refractivity (Wildman–Crippen MR) is 62.2 cm³/mol. The zero-order chi connectivity index (χ0) is 12.0. The Morgan fingerprint density at radius 3 is 2.62 bits per heavy atom. The van der Waals surface area contributed by atoms with Crippen molar-refractivity contribution in [2.24, 2.45) is 5.73 Å². The number of carbonyl (C=O) groups excluding carboxylic acids is 2. The summed E-state index contributed by atoms with van der Waals surface area (Å²) in [6.45, 7) is 2.70. The van der Waals surface area contributed by atoms with Gasteiger partial charge in [-0.15, -0.1) is 0 Å². The smallest absolute Gasteiger partial charge is 0.251 e. The molecule has 1 aromatic rings. The number of hydrogen-bond acceptors (Lipinski definition) is 2. The standard InChI is InChI=1S/C12H16N2O2/c1-2-3-7-14-12(16)10-6-4-5-9(8-10)11(13)15/h4-6,8H,2-3,7H2,1H3,(H2,13,15)(H,14,16). The lowest BCUT2D eigenvalue weighted by molar-refractivity contribution is 0.0953. The highest BCUT2D eigenvalue weighted by molar-refractivity contribution is 5.99. The number of carbonyl (C=O) groups is 2. The summed E-state index contributed by atoms with van der Waals surface area (Å²) < 4.78 is 0. The molecular formula is C12H16N2O2. The van der Waals surface area contributed by atoms with E-state index in [1.165, 1.54) is 6.07 Å². The topological polar surface area (TPSA) is 72.2 Å². The summed E-state index contributed by atoms with van der Waals surface area (Å²) in [5.41, 5.74) is 5.95. The number of benzene rings is 1. The maximum absolute atomic E-state index is 11.6. The largest absolute Gasteiger partial charge is 0.366 e. The fourth-order valence-corrected chi connectivity index (χ4v) is 1.29. The van der Waals surface area contributed by atoms with E-state index in [0.29, 0.717) is 17.7 Å². The minimum absolute atomic E-state index is 0.170. The van der Waals surface area contributed by atoms with Gasteiger partial charge in [0.15, 0.2) is 0 Å². The molecule has 0 spiro atoms. The molecule has 0 aliphatic carbocycles. The lowest BCUT2D eigenvalue weighted by Crippen LogP contribution is -2.24. The van der Waals surface area contributed by atoms with Gasteiger partial charge in [0, 0.05) is 17.7 Å².